The second kappa shape index (κ2) is 7.12. The number of aromatic nitrogens is 4. The molecule has 2 rings (SSSR count). The number of anilines is 1. The number of nitrogen functional groups attached to an aromatic ring is 1. The van der Waals surface area contributed by atoms with Crippen molar-refractivity contribution in [2.75, 3.05) is 24.9 Å². The highest BCUT2D eigenvalue weighted by atomic mass is 32.2. The molecule has 0 saturated heterocycles. The third-order valence-electron chi connectivity index (χ3n) is 3.16. The first kappa shape index (κ1) is 16.1. The molecule has 0 aliphatic heterocycles. The maximum Gasteiger partial charge on any atom is 0.328 e. The van der Waals surface area contributed by atoms with Crippen LogP contribution in [-0.2, 0) is 4.79 Å². The Morgan fingerprint density at radius 3 is 2.91 bits per heavy atom. The van der Waals surface area contributed by atoms with Gasteiger partial charge in [-0.3, -0.25) is 0 Å². The average Bonchev–Trinajstić information content (AvgIpc) is 2.96. The number of rotatable bonds is 7. The molecule has 22 heavy (non-hydrogen) atoms. The van der Waals surface area contributed by atoms with Gasteiger partial charge in [0.15, 0.2) is 11.9 Å². The monoisotopic (exact) mass is 323 g/mol. The Morgan fingerprint density at radius 2 is 2.32 bits per heavy atom. The molecule has 0 aliphatic rings. The predicted molar refractivity (Wildman–Crippen MR) is 83.9 cm³/mol. The van der Waals surface area contributed by atoms with Crippen LogP contribution >= 0.6 is 11.8 Å². The molecule has 0 amide bonds. The Kier molecular flexibility index (Phi) is 5.21. The summed E-state index contributed by atoms with van der Waals surface area (Å²) in [7, 11) is 1.53. The van der Waals surface area contributed by atoms with Crippen molar-refractivity contribution in [2.45, 2.75) is 12.5 Å². The number of benzene rings is 1. The minimum atomic E-state index is -0.968. The highest BCUT2D eigenvalue weighted by molar-refractivity contribution is 7.98. The summed E-state index contributed by atoms with van der Waals surface area (Å²) in [6.07, 6.45) is 2.35. The van der Waals surface area contributed by atoms with Crippen LogP contribution in [0, 0.1) is 0 Å². The molecule has 1 aromatic carbocycles. The van der Waals surface area contributed by atoms with Crippen molar-refractivity contribution in [3.8, 4) is 17.1 Å². The largest absolute Gasteiger partial charge is 0.495 e. The van der Waals surface area contributed by atoms with E-state index in [-0.39, 0.29) is 0 Å². The highest BCUT2D eigenvalue weighted by Crippen LogP contribution is 2.28. The van der Waals surface area contributed by atoms with Crippen LogP contribution in [0.25, 0.3) is 11.4 Å². The van der Waals surface area contributed by atoms with Crippen molar-refractivity contribution >= 4 is 23.4 Å². The third kappa shape index (κ3) is 3.30. The number of methoxy groups -OCH3 is 1. The molecule has 2 aromatic rings. The Balaban J connectivity index is 2.39. The normalized spacial score (nSPS) is 12.1. The third-order valence-corrected chi connectivity index (χ3v) is 3.80. The van der Waals surface area contributed by atoms with Crippen molar-refractivity contribution in [3.05, 3.63) is 18.2 Å². The number of hydrogen-bond acceptors (Lipinski definition) is 7. The van der Waals surface area contributed by atoms with Gasteiger partial charge in [0.25, 0.3) is 0 Å². The van der Waals surface area contributed by atoms with Gasteiger partial charge < -0.3 is 15.6 Å². The van der Waals surface area contributed by atoms with Crippen molar-refractivity contribution in [1.29, 1.82) is 0 Å². The number of thioether (sulfide) groups is 1. The van der Waals surface area contributed by atoms with Gasteiger partial charge in [-0.05, 0) is 47.1 Å². The van der Waals surface area contributed by atoms with E-state index in [0.717, 1.165) is 0 Å². The van der Waals surface area contributed by atoms with Crippen LogP contribution in [0.5, 0.6) is 5.75 Å². The maximum atomic E-state index is 11.5. The average molecular weight is 323 g/mol. The molecule has 1 unspecified atom stereocenters. The molecular formula is C13H17N5O3S. The standard InChI is InChI=1S/C13H17N5O3S/c1-21-11-4-3-8(7-9(11)14)12-15-16-17-18(12)10(13(19)20)5-6-22-2/h3-4,7,10H,5-6,14H2,1-2H3,(H,19,20). The zero-order valence-corrected chi connectivity index (χ0v) is 13.1. The number of tetrazole rings is 1. The molecule has 1 heterocycles. The lowest BCUT2D eigenvalue weighted by molar-refractivity contribution is -0.141. The van der Waals surface area contributed by atoms with Gasteiger partial charge in [0.05, 0.1) is 12.8 Å². The molecule has 9 heteroatoms. The number of ether oxygens (including phenoxy) is 1. The van der Waals surface area contributed by atoms with Gasteiger partial charge in [0, 0.05) is 5.56 Å². The van der Waals surface area contributed by atoms with E-state index in [1.807, 2.05) is 6.26 Å². The van der Waals surface area contributed by atoms with Gasteiger partial charge in [-0.15, -0.1) is 5.10 Å². The molecule has 0 radical (unpaired) electrons. The molecule has 3 N–H and O–H groups in total. The fraction of sp³-hybridized carbons (Fsp3) is 0.385. The summed E-state index contributed by atoms with van der Waals surface area (Å²) in [6, 6.07) is 4.28. The number of carboxylic acid groups (broad SMARTS) is 1. The van der Waals surface area contributed by atoms with Crippen LogP contribution in [0.2, 0.25) is 0 Å². The molecular weight excluding hydrogens is 306 g/mol. The van der Waals surface area contributed by atoms with E-state index in [2.05, 4.69) is 15.5 Å². The van der Waals surface area contributed by atoms with E-state index in [4.69, 9.17) is 10.5 Å². The summed E-state index contributed by atoms with van der Waals surface area (Å²) >= 11 is 1.57. The molecule has 8 nitrogen and oxygen atoms in total. The summed E-state index contributed by atoms with van der Waals surface area (Å²) in [6.45, 7) is 0. The number of carboxylic acids is 1. The second-order valence-electron chi connectivity index (χ2n) is 4.54. The first-order chi connectivity index (χ1) is 10.6. The fourth-order valence-electron chi connectivity index (χ4n) is 2.05. The quantitative estimate of drug-likeness (QED) is 0.733. The van der Waals surface area contributed by atoms with Crippen LogP contribution in [0.15, 0.2) is 18.2 Å². The van der Waals surface area contributed by atoms with Crippen molar-refractivity contribution < 1.29 is 14.6 Å². The lowest BCUT2D eigenvalue weighted by atomic mass is 10.1. The Hall–Kier alpha value is -2.29. The lowest BCUT2D eigenvalue weighted by Gasteiger charge is -2.14. The van der Waals surface area contributed by atoms with Crippen molar-refractivity contribution in [3.63, 3.8) is 0 Å². The molecule has 0 bridgehead atoms. The number of aliphatic carboxylic acids is 1. The number of hydrogen-bond donors (Lipinski definition) is 2. The minimum Gasteiger partial charge on any atom is -0.495 e. The molecule has 1 aromatic heterocycles. The van der Waals surface area contributed by atoms with Gasteiger partial charge in [-0.25, -0.2) is 9.48 Å². The minimum absolute atomic E-state index is 0.364. The molecule has 0 spiro atoms. The molecule has 1 atom stereocenters. The SMILES string of the molecule is COc1ccc(-c2nnnn2C(CCSC)C(=O)O)cc1N. The van der Waals surface area contributed by atoms with E-state index in [1.165, 1.54) is 11.8 Å². The molecule has 0 saturated carbocycles. The van der Waals surface area contributed by atoms with E-state index in [1.54, 1.807) is 30.0 Å². The first-order valence-electron chi connectivity index (χ1n) is 6.52. The van der Waals surface area contributed by atoms with Crippen LogP contribution in [0.1, 0.15) is 12.5 Å². The summed E-state index contributed by atoms with van der Waals surface area (Å²) in [5, 5.41) is 20.8. The summed E-state index contributed by atoms with van der Waals surface area (Å²) in [4.78, 5) is 11.5. The van der Waals surface area contributed by atoms with Gasteiger partial charge in [0.1, 0.15) is 5.75 Å². The maximum absolute atomic E-state index is 11.5. The first-order valence-corrected chi connectivity index (χ1v) is 7.91. The number of nitrogens with zero attached hydrogens (tertiary/aromatic N) is 4. The number of nitrogens with two attached hydrogens (primary N) is 1. The van der Waals surface area contributed by atoms with Gasteiger partial charge >= 0.3 is 5.97 Å². The van der Waals surface area contributed by atoms with Crippen molar-refractivity contribution in [2.24, 2.45) is 0 Å². The van der Waals surface area contributed by atoms with Gasteiger partial charge in [-0.1, -0.05) is 0 Å². The molecule has 0 aliphatic carbocycles. The van der Waals surface area contributed by atoms with E-state index in [0.29, 0.717) is 35.0 Å². The predicted octanol–water partition coefficient (Wildman–Crippen LogP) is 1.31. The number of carbonyl (C=O) groups is 1. The van der Waals surface area contributed by atoms with Gasteiger partial charge in [-0.2, -0.15) is 11.8 Å². The van der Waals surface area contributed by atoms with Crippen LogP contribution in [-0.4, -0.2) is 50.4 Å². The Bertz CT molecular complexity index is 661. The van der Waals surface area contributed by atoms with Crippen molar-refractivity contribution in [1.82, 2.24) is 20.2 Å². The topological polar surface area (TPSA) is 116 Å². The summed E-state index contributed by atoms with van der Waals surface area (Å²) < 4.78 is 6.43. The van der Waals surface area contributed by atoms with Crippen LogP contribution in [0.3, 0.4) is 0 Å². The Morgan fingerprint density at radius 1 is 1.55 bits per heavy atom. The summed E-state index contributed by atoms with van der Waals surface area (Å²) in [5.74, 6) is 0.632. The second-order valence-corrected chi connectivity index (χ2v) is 5.52. The van der Waals surface area contributed by atoms with E-state index < -0.39 is 12.0 Å². The lowest BCUT2D eigenvalue weighted by Crippen LogP contribution is -2.22. The van der Waals surface area contributed by atoms with Crippen LogP contribution in [0.4, 0.5) is 5.69 Å². The zero-order valence-electron chi connectivity index (χ0n) is 12.3. The van der Waals surface area contributed by atoms with Crippen LogP contribution < -0.4 is 10.5 Å². The smallest absolute Gasteiger partial charge is 0.328 e. The summed E-state index contributed by atoms with van der Waals surface area (Å²) in [5.41, 5.74) is 6.96. The molecule has 118 valence electrons. The van der Waals surface area contributed by atoms with Gasteiger partial charge in [0.2, 0.25) is 0 Å². The zero-order chi connectivity index (χ0) is 16.1. The fourth-order valence-corrected chi connectivity index (χ4v) is 2.51. The van der Waals surface area contributed by atoms with E-state index >= 15 is 0 Å². The highest BCUT2D eigenvalue weighted by Gasteiger charge is 2.24. The molecule has 0 fully saturated rings. The van der Waals surface area contributed by atoms with E-state index in [9.17, 15) is 9.90 Å². The Labute approximate surface area is 131 Å².